The lowest BCUT2D eigenvalue weighted by Gasteiger charge is -2.06. The minimum Gasteiger partial charge on any atom is -0.453 e. The molecule has 0 atom stereocenters. The first-order valence-corrected chi connectivity index (χ1v) is 3.42. The Balaban J connectivity index is 3.31. The number of hydrogen-bond donors (Lipinski definition) is 2. The van der Waals surface area contributed by atoms with Crippen molar-refractivity contribution >= 4 is 12.2 Å². The molecule has 0 rings (SSSR count). The fourth-order valence-electron chi connectivity index (χ4n) is 0.424. The molecule has 0 radical (unpaired) electrons. The lowest BCUT2D eigenvalue weighted by atomic mass is 10.9. The van der Waals surface area contributed by atoms with E-state index >= 15 is 0 Å². The smallest absolute Gasteiger partial charge is 0.410 e. The van der Waals surface area contributed by atoms with E-state index in [1.54, 1.807) is 0 Å². The molecule has 2 N–H and O–H groups in total. The minimum atomic E-state index is -0.682. The third-order valence-corrected chi connectivity index (χ3v) is 0.959. The summed E-state index contributed by atoms with van der Waals surface area (Å²) >= 11 is 0. The number of hydrogen-bond acceptors (Lipinski definition) is 5. The Hall–Kier alpha value is -1.50. The predicted octanol–water partition coefficient (Wildman–Crippen LogP) is -0.370. The molecule has 0 bridgehead atoms. The van der Waals surface area contributed by atoms with Crippen molar-refractivity contribution in [2.24, 2.45) is 0 Å². The first kappa shape index (κ1) is 11.5. The van der Waals surface area contributed by atoms with Crippen LogP contribution < -0.4 is 10.6 Å². The van der Waals surface area contributed by atoms with E-state index in [1.807, 2.05) is 0 Å². The van der Waals surface area contributed by atoms with Crippen LogP contribution in [0.1, 0.15) is 0 Å². The van der Waals surface area contributed by atoms with Gasteiger partial charge < -0.3 is 24.8 Å². The van der Waals surface area contributed by atoms with Gasteiger partial charge in [-0.2, -0.15) is 0 Å². The van der Waals surface area contributed by atoms with Gasteiger partial charge in [-0.1, -0.05) is 0 Å². The maximum atomic E-state index is 10.7. The standard InChI is InChI=1S/C6H12N2O5/c1-11-4-13-6(10)8-3-7-5(9)12-2/h3-4H2,1-2H3,(H,7,9)(H,8,10). The van der Waals surface area contributed by atoms with Crippen molar-refractivity contribution in [1.29, 1.82) is 0 Å². The van der Waals surface area contributed by atoms with Crippen molar-refractivity contribution < 1.29 is 23.8 Å². The second kappa shape index (κ2) is 7.17. The lowest BCUT2D eigenvalue weighted by Crippen LogP contribution is -2.37. The fourth-order valence-corrected chi connectivity index (χ4v) is 0.424. The maximum Gasteiger partial charge on any atom is 0.410 e. The molecular formula is C6H12N2O5. The van der Waals surface area contributed by atoms with Gasteiger partial charge in [-0.15, -0.1) is 0 Å². The van der Waals surface area contributed by atoms with Crippen LogP contribution in [0, 0.1) is 0 Å². The summed E-state index contributed by atoms with van der Waals surface area (Å²) in [5, 5.41) is 4.46. The summed E-state index contributed by atoms with van der Waals surface area (Å²) in [5.74, 6) is 0. The Morgan fingerprint density at radius 1 is 1.15 bits per heavy atom. The minimum absolute atomic E-state index is 0.0603. The number of ether oxygens (including phenoxy) is 3. The maximum absolute atomic E-state index is 10.7. The van der Waals surface area contributed by atoms with Gasteiger partial charge in [-0.3, -0.25) is 0 Å². The molecule has 0 aromatic rings. The number of rotatable bonds is 4. The summed E-state index contributed by atoms with van der Waals surface area (Å²) in [6, 6.07) is 0. The van der Waals surface area contributed by atoms with Crippen LogP contribution in [0.5, 0.6) is 0 Å². The monoisotopic (exact) mass is 192 g/mol. The quantitative estimate of drug-likeness (QED) is 0.593. The van der Waals surface area contributed by atoms with E-state index < -0.39 is 12.2 Å². The van der Waals surface area contributed by atoms with Gasteiger partial charge in [0, 0.05) is 7.11 Å². The first-order valence-electron chi connectivity index (χ1n) is 3.42. The molecule has 0 unspecified atom stereocenters. The summed E-state index contributed by atoms with van der Waals surface area (Å²) in [7, 11) is 2.61. The van der Waals surface area contributed by atoms with Crippen LogP contribution in [0.2, 0.25) is 0 Å². The van der Waals surface area contributed by atoms with Crippen LogP contribution >= 0.6 is 0 Å². The summed E-state index contributed by atoms with van der Waals surface area (Å²) in [6.07, 6.45) is -1.31. The topological polar surface area (TPSA) is 85.9 Å². The van der Waals surface area contributed by atoms with E-state index in [-0.39, 0.29) is 13.5 Å². The highest BCUT2D eigenvalue weighted by molar-refractivity contribution is 5.69. The number of carbonyl (C=O) groups is 2. The first-order chi connectivity index (χ1) is 6.20. The van der Waals surface area contributed by atoms with E-state index in [1.165, 1.54) is 14.2 Å². The van der Waals surface area contributed by atoms with Gasteiger partial charge in [0.1, 0.15) is 0 Å². The van der Waals surface area contributed by atoms with Crippen molar-refractivity contribution in [3.8, 4) is 0 Å². The van der Waals surface area contributed by atoms with Gasteiger partial charge >= 0.3 is 12.2 Å². The fraction of sp³-hybridized carbons (Fsp3) is 0.667. The largest absolute Gasteiger partial charge is 0.453 e. The van der Waals surface area contributed by atoms with E-state index in [2.05, 4.69) is 24.8 Å². The molecule has 0 aromatic heterocycles. The molecule has 0 aliphatic rings. The summed E-state index contributed by atoms with van der Waals surface area (Å²) < 4.78 is 13.2. The molecule has 0 aliphatic heterocycles. The highest BCUT2D eigenvalue weighted by atomic mass is 16.7. The Labute approximate surface area is 75.3 Å². The van der Waals surface area contributed by atoms with Crippen LogP contribution in [0.3, 0.4) is 0 Å². The predicted molar refractivity (Wildman–Crippen MR) is 41.9 cm³/mol. The van der Waals surface area contributed by atoms with Gasteiger partial charge in [0.2, 0.25) is 0 Å². The Morgan fingerprint density at radius 3 is 2.31 bits per heavy atom. The lowest BCUT2D eigenvalue weighted by molar-refractivity contribution is 0.0119. The van der Waals surface area contributed by atoms with Crippen molar-refractivity contribution in [3.63, 3.8) is 0 Å². The summed E-state index contributed by atoms with van der Waals surface area (Å²) in [6.45, 7) is -0.195. The van der Waals surface area contributed by atoms with Crippen LogP contribution in [-0.4, -0.2) is 39.9 Å². The van der Waals surface area contributed by atoms with Gasteiger partial charge in [-0.25, -0.2) is 9.59 Å². The van der Waals surface area contributed by atoms with Gasteiger partial charge in [0.15, 0.2) is 6.79 Å². The normalized spacial score (nSPS) is 8.77. The number of methoxy groups -OCH3 is 2. The van der Waals surface area contributed by atoms with Gasteiger partial charge in [0.25, 0.3) is 0 Å². The molecule has 2 amide bonds. The average molecular weight is 192 g/mol. The van der Waals surface area contributed by atoms with Crippen LogP contribution in [0.4, 0.5) is 9.59 Å². The molecular weight excluding hydrogens is 180 g/mol. The Morgan fingerprint density at radius 2 is 1.77 bits per heavy atom. The van der Waals surface area contributed by atoms with Crippen molar-refractivity contribution in [1.82, 2.24) is 10.6 Å². The Bertz CT molecular complexity index is 172. The molecule has 0 fully saturated rings. The molecule has 13 heavy (non-hydrogen) atoms. The molecule has 76 valence electrons. The third-order valence-electron chi connectivity index (χ3n) is 0.959. The number of amides is 2. The van der Waals surface area contributed by atoms with Gasteiger partial charge in [0.05, 0.1) is 13.8 Å². The summed E-state index contributed by atoms with van der Waals surface area (Å²) in [5.41, 5.74) is 0. The van der Waals surface area contributed by atoms with Crippen LogP contribution in [0.15, 0.2) is 0 Å². The highest BCUT2D eigenvalue weighted by Crippen LogP contribution is 1.76. The zero-order valence-corrected chi connectivity index (χ0v) is 7.46. The molecule has 0 heterocycles. The average Bonchev–Trinajstić information content (AvgIpc) is 2.14. The van der Waals surface area contributed by atoms with Crippen molar-refractivity contribution in [2.45, 2.75) is 0 Å². The molecule has 7 nitrogen and oxygen atoms in total. The molecule has 0 saturated heterocycles. The molecule has 7 heteroatoms. The number of nitrogens with one attached hydrogen (secondary N) is 2. The SMILES string of the molecule is COCOC(=O)NCNC(=O)OC. The van der Waals surface area contributed by atoms with Crippen molar-refractivity contribution in [3.05, 3.63) is 0 Å². The molecule has 0 spiro atoms. The third kappa shape index (κ3) is 6.88. The molecule has 0 saturated carbocycles. The zero-order valence-electron chi connectivity index (χ0n) is 7.46. The van der Waals surface area contributed by atoms with Crippen molar-refractivity contribution in [2.75, 3.05) is 27.7 Å². The Kier molecular flexibility index (Phi) is 6.34. The second-order valence-corrected chi connectivity index (χ2v) is 1.86. The van der Waals surface area contributed by atoms with E-state index in [4.69, 9.17) is 0 Å². The van der Waals surface area contributed by atoms with Gasteiger partial charge in [-0.05, 0) is 0 Å². The molecule has 0 aromatic carbocycles. The highest BCUT2D eigenvalue weighted by Gasteiger charge is 2.01. The zero-order chi connectivity index (χ0) is 10.1. The summed E-state index contributed by atoms with van der Waals surface area (Å²) in [4.78, 5) is 21.1. The van der Waals surface area contributed by atoms with E-state index in [0.29, 0.717) is 0 Å². The van der Waals surface area contributed by atoms with Crippen LogP contribution in [-0.2, 0) is 14.2 Å². The number of carbonyl (C=O) groups excluding carboxylic acids is 2. The van der Waals surface area contributed by atoms with Crippen LogP contribution in [0.25, 0.3) is 0 Å². The molecule has 0 aliphatic carbocycles. The van der Waals surface area contributed by atoms with E-state index in [9.17, 15) is 9.59 Å². The number of alkyl carbamates (subject to hydrolysis) is 2. The van der Waals surface area contributed by atoms with E-state index in [0.717, 1.165) is 0 Å². The second-order valence-electron chi connectivity index (χ2n) is 1.86.